The summed E-state index contributed by atoms with van der Waals surface area (Å²) in [5.41, 5.74) is 3.74. The lowest BCUT2D eigenvalue weighted by atomic mass is 10.0. The standard InChI is InChI=1S/C19H19N3O/c1-12-16-11-15(9-10-17(16)22-21-12)19(23)20-18(14-7-8-14)13-5-3-2-4-6-13/h2-6,9-11,14,18H,7-8H2,1H3,(H,20,23)(H,21,22). The fourth-order valence-electron chi connectivity index (χ4n) is 3.07. The van der Waals surface area contributed by atoms with Crippen molar-refractivity contribution in [3.8, 4) is 0 Å². The van der Waals surface area contributed by atoms with E-state index in [9.17, 15) is 4.79 Å². The molecule has 2 N–H and O–H groups in total. The summed E-state index contributed by atoms with van der Waals surface area (Å²) in [4.78, 5) is 12.7. The summed E-state index contributed by atoms with van der Waals surface area (Å²) < 4.78 is 0. The van der Waals surface area contributed by atoms with E-state index in [1.165, 1.54) is 18.4 Å². The van der Waals surface area contributed by atoms with Crippen molar-refractivity contribution in [1.82, 2.24) is 15.5 Å². The third-order valence-electron chi connectivity index (χ3n) is 4.55. The summed E-state index contributed by atoms with van der Waals surface area (Å²) in [6.45, 7) is 1.97. The molecule has 1 atom stereocenters. The highest BCUT2D eigenvalue weighted by Gasteiger charge is 2.33. The zero-order valence-corrected chi connectivity index (χ0v) is 13.0. The van der Waals surface area contributed by atoms with Crippen molar-refractivity contribution in [2.24, 2.45) is 5.92 Å². The molecule has 23 heavy (non-hydrogen) atoms. The van der Waals surface area contributed by atoms with Crippen LogP contribution in [0.2, 0.25) is 0 Å². The van der Waals surface area contributed by atoms with Crippen LogP contribution in [0, 0.1) is 12.8 Å². The Bertz CT molecular complexity index is 849. The minimum Gasteiger partial charge on any atom is -0.345 e. The predicted octanol–water partition coefficient (Wildman–Crippen LogP) is 3.75. The Hall–Kier alpha value is -2.62. The first-order valence-corrected chi connectivity index (χ1v) is 8.03. The SMILES string of the molecule is Cc1[nH]nc2ccc(C(=O)NC(c3ccccc3)C3CC3)cc12. The number of fused-ring (bicyclic) bond motifs is 1. The first kappa shape index (κ1) is 14.0. The van der Waals surface area contributed by atoms with E-state index in [4.69, 9.17) is 0 Å². The van der Waals surface area contributed by atoms with Crippen LogP contribution in [-0.2, 0) is 0 Å². The molecular formula is C19H19N3O. The number of aryl methyl sites for hydroxylation is 1. The third-order valence-corrected chi connectivity index (χ3v) is 4.55. The number of carbonyl (C=O) groups is 1. The summed E-state index contributed by atoms with van der Waals surface area (Å²) >= 11 is 0. The molecule has 4 heteroatoms. The highest BCUT2D eigenvalue weighted by molar-refractivity contribution is 5.98. The van der Waals surface area contributed by atoms with Crippen molar-refractivity contribution in [3.63, 3.8) is 0 Å². The maximum atomic E-state index is 12.7. The quantitative estimate of drug-likeness (QED) is 0.771. The molecule has 3 aromatic rings. The van der Waals surface area contributed by atoms with Gasteiger partial charge in [0.05, 0.1) is 11.6 Å². The van der Waals surface area contributed by atoms with Gasteiger partial charge in [0.25, 0.3) is 5.91 Å². The number of amides is 1. The molecule has 116 valence electrons. The molecule has 1 heterocycles. The van der Waals surface area contributed by atoms with Crippen LogP contribution in [0.1, 0.15) is 40.5 Å². The van der Waals surface area contributed by atoms with Crippen LogP contribution in [0.5, 0.6) is 0 Å². The van der Waals surface area contributed by atoms with E-state index in [0.717, 1.165) is 16.6 Å². The molecule has 0 saturated heterocycles. The molecule has 1 amide bonds. The third kappa shape index (κ3) is 2.72. The molecule has 0 radical (unpaired) electrons. The number of hydrogen-bond donors (Lipinski definition) is 2. The molecule has 1 aromatic heterocycles. The van der Waals surface area contributed by atoms with E-state index in [2.05, 4.69) is 27.6 Å². The van der Waals surface area contributed by atoms with Gasteiger partial charge in [-0.15, -0.1) is 0 Å². The van der Waals surface area contributed by atoms with Crippen LogP contribution in [0.25, 0.3) is 10.9 Å². The van der Waals surface area contributed by atoms with Crippen molar-refractivity contribution < 1.29 is 4.79 Å². The number of H-pyrrole nitrogens is 1. The van der Waals surface area contributed by atoms with Crippen LogP contribution in [0.15, 0.2) is 48.5 Å². The molecule has 4 rings (SSSR count). The molecule has 1 unspecified atom stereocenters. The monoisotopic (exact) mass is 305 g/mol. The number of nitrogens with one attached hydrogen (secondary N) is 2. The van der Waals surface area contributed by atoms with E-state index in [0.29, 0.717) is 11.5 Å². The Balaban J connectivity index is 1.61. The Morgan fingerprint density at radius 2 is 2.00 bits per heavy atom. The first-order chi connectivity index (χ1) is 11.2. The fourth-order valence-corrected chi connectivity index (χ4v) is 3.07. The van der Waals surface area contributed by atoms with Gasteiger partial charge in [0.1, 0.15) is 0 Å². The lowest BCUT2D eigenvalue weighted by Crippen LogP contribution is -2.29. The largest absolute Gasteiger partial charge is 0.345 e. The number of carbonyl (C=O) groups excluding carboxylic acids is 1. The lowest BCUT2D eigenvalue weighted by molar-refractivity contribution is 0.0932. The molecule has 1 aliphatic carbocycles. The Kier molecular flexibility index (Phi) is 3.37. The van der Waals surface area contributed by atoms with Crippen LogP contribution in [0.4, 0.5) is 0 Å². The van der Waals surface area contributed by atoms with Gasteiger partial charge < -0.3 is 5.32 Å². The fraction of sp³-hybridized carbons (Fsp3) is 0.263. The van der Waals surface area contributed by atoms with Gasteiger partial charge in [0, 0.05) is 16.6 Å². The highest BCUT2D eigenvalue weighted by atomic mass is 16.1. The van der Waals surface area contributed by atoms with Crippen molar-refractivity contribution in [2.45, 2.75) is 25.8 Å². The number of aromatic amines is 1. The van der Waals surface area contributed by atoms with E-state index < -0.39 is 0 Å². The number of hydrogen-bond acceptors (Lipinski definition) is 2. The van der Waals surface area contributed by atoms with Gasteiger partial charge in [-0.05, 0) is 49.4 Å². The molecule has 1 aliphatic rings. The van der Waals surface area contributed by atoms with Crippen LogP contribution >= 0.6 is 0 Å². The molecular weight excluding hydrogens is 286 g/mol. The number of benzene rings is 2. The molecule has 4 nitrogen and oxygen atoms in total. The summed E-state index contributed by atoms with van der Waals surface area (Å²) in [6, 6.07) is 16.0. The Labute approximate surface area is 134 Å². The molecule has 0 bridgehead atoms. The number of aromatic nitrogens is 2. The Morgan fingerprint density at radius 3 is 2.74 bits per heavy atom. The average molecular weight is 305 g/mol. The van der Waals surface area contributed by atoms with Gasteiger partial charge in [-0.3, -0.25) is 9.89 Å². The average Bonchev–Trinajstić information content (AvgIpc) is 3.37. The summed E-state index contributed by atoms with van der Waals surface area (Å²) in [6.07, 6.45) is 2.36. The van der Waals surface area contributed by atoms with Gasteiger partial charge in [0.15, 0.2) is 0 Å². The lowest BCUT2D eigenvalue weighted by Gasteiger charge is -2.19. The summed E-state index contributed by atoms with van der Waals surface area (Å²) in [5.74, 6) is 0.536. The second-order valence-electron chi connectivity index (χ2n) is 6.28. The van der Waals surface area contributed by atoms with E-state index >= 15 is 0 Å². The van der Waals surface area contributed by atoms with Crippen LogP contribution < -0.4 is 5.32 Å². The molecule has 1 saturated carbocycles. The molecule has 0 spiro atoms. The molecule has 0 aliphatic heterocycles. The second-order valence-corrected chi connectivity index (χ2v) is 6.28. The minimum absolute atomic E-state index is 0.0201. The topological polar surface area (TPSA) is 57.8 Å². The van der Waals surface area contributed by atoms with Crippen molar-refractivity contribution in [3.05, 3.63) is 65.4 Å². The van der Waals surface area contributed by atoms with Crippen molar-refractivity contribution >= 4 is 16.8 Å². The van der Waals surface area contributed by atoms with Gasteiger partial charge >= 0.3 is 0 Å². The highest BCUT2D eigenvalue weighted by Crippen LogP contribution is 2.41. The van der Waals surface area contributed by atoms with E-state index in [-0.39, 0.29) is 11.9 Å². The van der Waals surface area contributed by atoms with E-state index in [1.54, 1.807) is 0 Å². The van der Waals surface area contributed by atoms with Crippen molar-refractivity contribution in [2.75, 3.05) is 0 Å². The smallest absolute Gasteiger partial charge is 0.251 e. The van der Waals surface area contributed by atoms with Gasteiger partial charge in [-0.25, -0.2) is 0 Å². The molecule has 2 aromatic carbocycles. The summed E-state index contributed by atoms with van der Waals surface area (Å²) in [5, 5.41) is 11.4. The normalized spacial score (nSPS) is 15.5. The van der Waals surface area contributed by atoms with E-state index in [1.807, 2.05) is 43.3 Å². The summed E-state index contributed by atoms with van der Waals surface area (Å²) in [7, 11) is 0. The van der Waals surface area contributed by atoms with Crippen LogP contribution in [0.3, 0.4) is 0 Å². The zero-order valence-electron chi connectivity index (χ0n) is 13.0. The number of rotatable bonds is 4. The Morgan fingerprint density at radius 1 is 1.22 bits per heavy atom. The van der Waals surface area contributed by atoms with Crippen LogP contribution in [-0.4, -0.2) is 16.1 Å². The first-order valence-electron chi connectivity index (χ1n) is 8.03. The van der Waals surface area contributed by atoms with Gasteiger partial charge in [-0.2, -0.15) is 5.10 Å². The maximum absolute atomic E-state index is 12.7. The van der Waals surface area contributed by atoms with Gasteiger partial charge in [-0.1, -0.05) is 30.3 Å². The minimum atomic E-state index is -0.0201. The second kappa shape index (κ2) is 5.54. The molecule has 1 fully saturated rings. The zero-order chi connectivity index (χ0) is 15.8. The number of nitrogens with zero attached hydrogens (tertiary/aromatic N) is 1. The van der Waals surface area contributed by atoms with Gasteiger partial charge in [0.2, 0.25) is 0 Å². The van der Waals surface area contributed by atoms with Crippen molar-refractivity contribution in [1.29, 1.82) is 0 Å². The predicted molar refractivity (Wildman–Crippen MR) is 90.2 cm³/mol. The maximum Gasteiger partial charge on any atom is 0.251 e.